The van der Waals surface area contributed by atoms with Crippen LogP contribution in [-0.4, -0.2) is 41.9 Å². The summed E-state index contributed by atoms with van der Waals surface area (Å²) in [5, 5.41) is 5.47. The minimum Gasteiger partial charge on any atom is -0.497 e. The van der Waals surface area contributed by atoms with E-state index in [2.05, 4.69) is 17.6 Å². The zero-order chi connectivity index (χ0) is 21.7. The van der Waals surface area contributed by atoms with Crippen LogP contribution in [0.2, 0.25) is 0 Å². The second-order valence-corrected chi connectivity index (χ2v) is 7.60. The largest absolute Gasteiger partial charge is 0.497 e. The molecule has 7 nitrogen and oxygen atoms in total. The molecule has 1 heterocycles. The molecule has 158 valence electrons. The van der Waals surface area contributed by atoms with Crippen molar-refractivity contribution in [2.75, 3.05) is 19.0 Å². The van der Waals surface area contributed by atoms with Crippen molar-refractivity contribution in [2.24, 2.45) is 0 Å². The molecule has 30 heavy (non-hydrogen) atoms. The first-order chi connectivity index (χ1) is 14.3. The van der Waals surface area contributed by atoms with E-state index in [0.717, 1.165) is 28.2 Å². The molecule has 2 aromatic carbocycles. The Morgan fingerprint density at radius 1 is 1.07 bits per heavy atom. The van der Waals surface area contributed by atoms with Gasteiger partial charge >= 0.3 is 6.03 Å². The second kappa shape index (κ2) is 8.98. The van der Waals surface area contributed by atoms with Gasteiger partial charge in [0.25, 0.3) is 5.91 Å². The van der Waals surface area contributed by atoms with Gasteiger partial charge in [0, 0.05) is 5.69 Å². The Bertz CT molecular complexity index is 924. The number of urea groups is 1. The highest BCUT2D eigenvalue weighted by molar-refractivity contribution is 6.09. The van der Waals surface area contributed by atoms with Gasteiger partial charge in [-0.3, -0.25) is 14.5 Å². The van der Waals surface area contributed by atoms with E-state index in [9.17, 15) is 14.4 Å². The number of aryl methyl sites for hydroxylation is 2. The number of nitrogens with zero attached hydrogens (tertiary/aromatic N) is 1. The summed E-state index contributed by atoms with van der Waals surface area (Å²) in [7, 11) is 1.60. The molecule has 0 aliphatic carbocycles. The van der Waals surface area contributed by atoms with Crippen molar-refractivity contribution in [2.45, 2.75) is 38.6 Å². The maximum absolute atomic E-state index is 12.9. The fraction of sp³-hybridized carbons (Fsp3) is 0.348. The van der Waals surface area contributed by atoms with Crippen LogP contribution in [0.1, 0.15) is 31.4 Å². The van der Waals surface area contributed by atoms with Crippen molar-refractivity contribution >= 4 is 23.5 Å². The van der Waals surface area contributed by atoms with Gasteiger partial charge in [-0.15, -0.1) is 0 Å². The predicted octanol–water partition coefficient (Wildman–Crippen LogP) is 3.14. The van der Waals surface area contributed by atoms with Crippen LogP contribution in [0.25, 0.3) is 0 Å². The lowest BCUT2D eigenvalue weighted by Crippen LogP contribution is -2.45. The number of hydrogen-bond acceptors (Lipinski definition) is 4. The topological polar surface area (TPSA) is 87.7 Å². The molecule has 1 saturated heterocycles. The highest BCUT2D eigenvalue weighted by atomic mass is 16.5. The van der Waals surface area contributed by atoms with Crippen LogP contribution in [0.3, 0.4) is 0 Å². The van der Waals surface area contributed by atoms with Crippen molar-refractivity contribution in [3.05, 3.63) is 59.7 Å². The summed E-state index contributed by atoms with van der Waals surface area (Å²) < 4.78 is 5.15. The van der Waals surface area contributed by atoms with E-state index < -0.39 is 23.4 Å². The lowest BCUT2D eigenvalue weighted by Gasteiger charge is -2.21. The number of benzene rings is 2. The molecule has 0 saturated carbocycles. The van der Waals surface area contributed by atoms with E-state index in [-0.39, 0.29) is 6.54 Å². The summed E-state index contributed by atoms with van der Waals surface area (Å²) in [5.74, 6) is -0.0450. The third-order valence-electron chi connectivity index (χ3n) is 5.37. The third kappa shape index (κ3) is 4.79. The van der Waals surface area contributed by atoms with E-state index in [1.807, 2.05) is 48.5 Å². The first-order valence-electron chi connectivity index (χ1n) is 10.0. The van der Waals surface area contributed by atoms with Gasteiger partial charge in [-0.25, -0.2) is 4.79 Å². The van der Waals surface area contributed by atoms with Crippen LogP contribution in [0, 0.1) is 0 Å². The number of carbonyl (C=O) groups excluding carboxylic acids is 3. The van der Waals surface area contributed by atoms with Crippen molar-refractivity contribution in [3.8, 4) is 5.75 Å². The van der Waals surface area contributed by atoms with Crippen LogP contribution in [0.5, 0.6) is 5.75 Å². The van der Waals surface area contributed by atoms with Crippen molar-refractivity contribution in [1.82, 2.24) is 10.2 Å². The third-order valence-corrected chi connectivity index (χ3v) is 5.37. The second-order valence-electron chi connectivity index (χ2n) is 7.60. The Labute approximate surface area is 176 Å². The fourth-order valence-corrected chi connectivity index (χ4v) is 3.41. The van der Waals surface area contributed by atoms with Gasteiger partial charge in [0.2, 0.25) is 5.91 Å². The highest BCUT2D eigenvalue weighted by Gasteiger charge is 2.47. The zero-order valence-electron chi connectivity index (χ0n) is 17.5. The van der Waals surface area contributed by atoms with Crippen LogP contribution in [-0.2, 0) is 22.4 Å². The fourth-order valence-electron chi connectivity index (χ4n) is 3.41. The summed E-state index contributed by atoms with van der Waals surface area (Å²) in [6.45, 7) is 3.42. The van der Waals surface area contributed by atoms with Crippen molar-refractivity contribution in [3.63, 3.8) is 0 Å². The quantitative estimate of drug-likeness (QED) is 0.656. The number of hydrogen-bond donors (Lipinski definition) is 2. The summed E-state index contributed by atoms with van der Waals surface area (Å²) >= 11 is 0. The normalized spacial score (nSPS) is 18.3. The number of methoxy groups -OCH3 is 1. The van der Waals surface area contributed by atoms with E-state index in [0.29, 0.717) is 18.5 Å². The molecule has 7 heteroatoms. The molecule has 0 radical (unpaired) electrons. The molecule has 1 atom stereocenters. The molecule has 1 fully saturated rings. The van der Waals surface area contributed by atoms with Crippen LogP contribution in [0.15, 0.2) is 48.5 Å². The number of anilines is 1. The maximum Gasteiger partial charge on any atom is 0.325 e. The van der Waals surface area contributed by atoms with Crippen LogP contribution < -0.4 is 15.4 Å². The van der Waals surface area contributed by atoms with E-state index >= 15 is 0 Å². The monoisotopic (exact) mass is 409 g/mol. The molecule has 1 aliphatic heterocycles. The maximum atomic E-state index is 12.9. The first-order valence-corrected chi connectivity index (χ1v) is 10.0. The van der Waals surface area contributed by atoms with Gasteiger partial charge in [-0.05, 0) is 61.6 Å². The number of ether oxygens (including phenoxy) is 1. The van der Waals surface area contributed by atoms with Gasteiger partial charge in [0.1, 0.15) is 17.8 Å². The van der Waals surface area contributed by atoms with Gasteiger partial charge in [-0.1, -0.05) is 31.2 Å². The zero-order valence-corrected chi connectivity index (χ0v) is 17.5. The SMILES string of the molecule is CCc1ccc(NC(=O)CN2C(=O)N[C@@](C)(CCc3ccc(OC)cc3)C2=O)cc1. The van der Waals surface area contributed by atoms with Gasteiger partial charge in [0.05, 0.1) is 7.11 Å². The Hall–Kier alpha value is -3.35. The van der Waals surface area contributed by atoms with Crippen molar-refractivity contribution in [1.29, 1.82) is 0 Å². The summed E-state index contributed by atoms with van der Waals surface area (Å²) in [4.78, 5) is 38.6. The molecule has 0 unspecified atom stereocenters. The average molecular weight is 409 g/mol. The lowest BCUT2D eigenvalue weighted by molar-refractivity contribution is -0.133. The molecule has 2 aromatic rings. The number of rotatable bonds is 8. The van der Waals surface area contributed by atoms with E-state index in [4.69, 9.17) is 4.74 Å². The van der Waals surface area contributed by atoms with Gasteiger partial charge < -0.3 is 15.4 Å². The van der Waals surface area contributed by atoms with Gasteiger partial charge in [0.15, 0.2) is 0 Å². The molecule has 2 N–H and O–H groups in total. The number of imide groups is 1. The molecule has 1 aliphatic rings. The lowest BCUT2D eigenvalue weighted by atomic mass is 9.93. The van der Waals surface area contributed by atoms with Crippen LogP contribution in [0.4, 0.5) is 10.5 Å². The first kappa shape index (κ1) is 21.4. The van der Waals surface area contributed by atoms with Crippen LogP contribution >= 0.6 is 0 Å². The Morgan fingerprint density at radius 3 is 2.30 bits per heavy atom. The Morgan fingerprint density at radius 2 is 1.70 bits per heavy atom. The molecule has 3 rings (SSSR count). The Kier molecular flexibility index (Phi) is 6.40. The molecular weight excluding hydrogens is 382 g/mol. The highest BCUT2D eigenvalue weighted by Crippen LogP contribution is 2.24. The minimum absolute atomic E-state index is 0.321. The Balaban J connectivity index is 1.58. The van der Waals surface area contributed by atoms with E-state index in [1.165, 1.54) is 0 Å². The van der Waals surface area contributed by atoms with Crippen molar-refractivity contribution < 1.29 is 19.1 Å². The summed E-state index contributed by atoms with van der Waals surface area (Å²) in [6, 6.07) is 14.5. The molecular formula is C23H27N3O4. The minimum atomic E-state index is -1.04. The standard InChI is InChI=1S/C23H27N3O4/c1-4-16-5-9-18(10-6-16)24-20(27)15-26-21(28)23(2,25-22(26)29)14-13-17-7-11-19(30-3)12-8-17/h5-12H,4,13-15H2,1-3H3,(H,24,27)(H,25,29)/t23-/m0/s1. The average Bonchev–Trinajstić information content (AvgIpc) is 2.96. The summed E-state index contributed by atoms with van der Waals surface area (Å²) in [5.41, 5.74) is 1.78. The molecule has 0 spiro atoms. The van der Waals surface area contributed by atoms with E-state index in [1.54, 1.807) is 14.0 Å². The molecule has 4 amide bonds. The van der Waals surface area contributed by atoms with Gasteiger partial charge in [-0.2, -0.15) is 0 Å². The summed E-state index contributed by atoms with van der Waals surface area (Å²) in [6.07, 6.45) is 1.95. The molecule has 0 aromatic heterocycles. The number of carbonyl (C=O) groups is 3. The smallest absolute Gasteiger partial charge is 0.325 e. The number of nitrogens with one attached hydrogen (secondary N) is 2. The predicted molar refractivity (Wildman–Crippen MR) is 114 cm³/mol. The molecule has 0 bridgehead atoms. The number of amides is 4.